The molecule has 1 aromatic rings. The fourth-order valence-electron chi connectivity index (χ4n) is 1.43. The zero-order valence-electron chi connectivity index (χ0n) is 11.5. The van der Waals surface area contributed by atoms with Gasteiger partial charge in [-0.1, -0.05) is 0 Å². The Labute approximate surface area is 116 Å². The van der Waals surface area contributed by atoms with Crippen LogP contribution in [-0.4, -0.2) is 42.7 Å². The summed E-state index contributed by atoms with van der Waals surface area (Å²) in [6.45, 7) is 6.06. The van der Waals surface area contributed by atoms with Crippen molar-refractivity contribution >= 4 is 23.2 Å². The smallest absolute Gasteiger partial charge is 0.367 e. The molecule has 0 bridgehead atoms. The number of hydrogen-bond donors (Lipinski definition) is 1. The van der Waals surface area contributed by atoms with Crippen molar-refractivity contribution in [3.05, 3.63) is 16.1 Å². The highest BCUT2D eigenvalue weighted by Crippen LogP contribution is 2.12. The van der Waals surface area contributed by atoms with E-state index >= 15 is 0 Å². The third-order valence-corrected chi connectivity index (χ3v) is 2.97. The Morgan fingerprint density at radius 3 is 2.74 bits per heavy atom. The molecule has 1 amide bonds. The first-order chi connectivity index (χ1) is 8.89. The Bertz CT molecular complexity index is 456. The largest absolute Gasteiger partial charge is 0.461 e. The van der Waals surface area contributed by atoms with E-state index in [1.807, 2.05) is 13.8 Å². The van der Waals surface area contributed by atoms with Crippen molar-refractivity contribution in [1.82, 2.24) is 10.3 Å². The number of carbonyl (C=O) groups excluding carboxylic acids is 2. The second kappa shape index (κ2) is 6.63. The molecule has 0 aliphatic rings. The average molecular weight is 286 g/mol. The van der Waals surface area contributed by atoms with E-state index in [0.29, 0.717) is 6.61 Å². The van der Waals surface area contributed by atoms with Crippen LogP contribution < -0.4 is 5.32 Å². The first-order valence-corrected chi connectivity index (χ1v) is 6.71. The number of rotatable bonds is 6. The summed E-state index contributed by atoms with van der Waals surface area (Å²) in [7, 11) is 1.57. The van der Waals surface area contributed by atoms with E-state index in [0.717, 1.165) is 11.3 Å². The first-order valence-electron chi connectivity index (χ1n) is 5.83. The molecule has 0 spiro atoms. The van der Waals surface area contributed by atoms with Crippen molar-refractivity contribution in [2.75, 3.05) is 20.3 Å². The first kappa shape index (κ1) is 15.6. The Hall–Kier alpha value is -1.47. The van der Waals surface area contributed by atoms with Gasteiger partial charge in [-0.3, -0.25) is 4.79 Å². The number of carbonyl (C=O) groups is 2. The highest BCUT2D eigenvalue weighted by atomic mass is 32.1. The lowest BCUT2D eigenvalue weighted by Gasteiger charge is -2.24. The molecule has 6 nitrogen and oxygen atoms in total. The van der Waals surface area contributed by atoms with Crippen LogP contribution >= 0.6 is 11.3 Å². The Morgan fingerprint density at radius 2 is 2.16 bits per heavy atom. The molecule has 0 fully saturated rings. The van der Waals surface area contributed by atoms with Gasteiger partial charge in [-0.15, -0.1) is 11.3 Å². The molecule has 7 heteroatoms. The van der Waals surface area contributed by atoms with Crippen LogP contribution in [0.25, 0.3) is 0 Å². The van der Waals surface area contributed by atoms with Gasteiger partial charge in [-0.25, -0.2) is 9.78 Å². The number of thiazole rings is 1. The molecule has 0 unspecified atom stereocenters. The van der Waals surface area contributed by atoms with E-state index in [1.54, 1.807) is 14.0 Å². The molecule has 0 radical (unpaired) electrons. The average Bonchev–Trinajstić information content (AvgIpc) is 2.77. The summed E-state index contributed by atoms with van der Waals surface area (Å²) in [5.41, 5.74) is -0.295. The standard InChI is InChI=1S/C12H18N2O4S/c1-5-18-11(16)10-13-8(6-19-10)9(15)14-12(2,3)7-17-4/h6H,5,7H2,1-4H3,(H,14,15). The number of ether oxygens (including phenoxy) is 2. The fourth-order valence-corrected chi connectivity index (χ4v) is 2.12. The molecular weight excluding hydrogens is 268 g/mol. The normalized spacial score (nSPS) is 11.2. The van der Waals surface area contributed by atoms with Crippen LogP contribution in [0.3, 0.4) is 0 Å². The summed E-state index contributed by atoms with van der Waals surface area (Å²) < 4.78 is 9.83. The minimum absolute atomic E-state index is 0.177. The van der Waals surface area contributed by atoms with E-state index in [9.17, 15) is 9.59 Å². The molecule has 106 valence electrons. The van der Waals surface area contributed by atoms with Crippen molar-refractivity contribution in [3.8, 4) is 0 Å². The maximum absolute atomic E-state index is 12.0. The minimum Gasteiger partial charge on any atom is -0.461 e. The van der Waals surface area contributed by atoms with Gasteiger partial charge in [-0.2, -0.15) is 0 Å². The molecule has 0 aliphatic carbocycles. The van der Waals surface area contributed by atoms with Crippen LogP contribution in [0.5, 0.6) is 0 Å². The summed E-state index contributed by atoms with van der Waals surface area (Å²) in [4.78, 5) is 27.4. The van der Waals surface area contributed by atoms with Gasteiger partial charge in [0.25, 0.3) is 5.91 Å². The van der Waals surface area contributed by atoms with Crippen molar-refractivity contribution in [3.63, 3.8) is 0 Å². The topological polar surface area (TPSA) is 77.5 Å². The number of nitrogens with zero attached hydrogens (tertiary/aromatic N) is 1. The van der Waals surface area contributed by atoms with E-state index in [2.05, 4.69) is 10.3 Å². The van der Waals surface area contributed by atoms with Crippen LogP contribution in [0.4, 0.5) is 0 Å². The lowest BCUT2D eigenvalue weighted by atomic mass is 10.1. The lowest BCUT2D eigenvalue weighted by Crippen LogP contribution is -2.46. The molecular formula is C12H18N2O4S. The SMILES string of the molecule is CCOC(=O)c1nc(C(=O)NC(C)(C)COC)cs1. The van der Waals surface area contributed by atoms with Gasteiger partial charge in [0.05, 0.1) is 18.8 Å². The van der Waals surface area contributed by atoms with Gasteiger partial charge in [-0.05, 0) is 20.8 Å². The molecule has 1 aromatic heterocycles. The Kier molecular flexibility index (Phi) is 5.44. The van der Waals surface area contributed by atoms with Crippen LogP contribution in [0.15, 0.2) is 5.38 Å². The fraction of sp³-hybridized carbons (Fsp3) is 0.583. The molecule has 0 aromatic carbocycles. The Morgan fingerprint density at radius 1 is 1.47 bits per heavy atom. The quantitative estimate of drug-likeness (QED) is 0.801. The van der Waals surface area contributed by atoms with Gasteiger partial charge < -0.3 is 14.8 Å². The number of amides is 1. The van der Waals surface area contributed by atoms with Crippen molar-refractivity contribution < 1.29 is 19.1 Å². The maximum atomic E-state index is 12.0. The van der Waals surface area contributed by atoms with Crippen molar-refractivity contribution in [1.29, 1.82) is 0 Å². The van der Waals surface area contributed by atoms with E-state index in [-0.39, 0.29) is 23.2 Å². The zero-order chi connectivity index (χ0) is 14.5. The maximum Gasteiger partial charge on any atom is 0.367 e. The monoisotopic (exact) mass is 286 g/mol. The van der Waals surface area contributed by atoms with Gasteiger partial charge in [0.2, 0.25) is 5.01 Å². The molecule has 0 atom stereocenters. The Balaban J connectivity index is 2.71. The van der Waals surface area contributed by atoms with Gasteiger partial charge in [0, 0.05) is 12.5 Å². The highest BCUT2D eigenvalue weighted by Gasteiger charge is 2.23. The van der Waals surface area contributed by atoms with Crippen LogP contribution in [0.2, 0.25) is 0 Å². The number of hydrogen-bond acceptors (Lipinski definition) is 6. The van der Waals surface area contributed by atoms with Gasteiger partial charge in [0.1, 0.15) is 5.69 Å². The molecule has 0 aliphatic heterocycles. The van der Waals surface area contributed by atoms with Crippen LogP contribution in [0.1, 0.15) is 41.1 Å². The molecule has 19 heavy (non-hydrogen) atoms. The third-order valence-electron chi connectivity index (χ3n) is 2.14. The number of nitrogens with one attached hydrogen (secondary N) is 1. The van der Waals surface area contributed by atoms with Gasteiger partial charge in [0.15, 0.2) is 0 Å². The molecule has 1 heterocycles. The summed E-state index contributed by atoms with van der Waals surface area (Å²) in [6, 6.07) is 0. The molecule has 1 rings (SSSR count). The van der Waals surface area contributed by atoms with Crippen LogP contribution in [-0.2, 0) is 9.47 Å². The van der Waals surface area contributed by atoms with E-state index in [4.69, 9.17) is 9.47 Å². The summed E-state index contributed by atoms with van der Waals surface area (Å²) >= 11 is 1.09. The summed E-state index contributed by atoms with van der Waals surface area (Å²) in [5.74, 6) is -0.850. The number of aromatic nitrogens is 1. The van der Waals surface area contributed by atoms with E-state index in [1.165, 1.54) is 5.38 Å². The number of esters is 1. The minimum atomic E-state index is -0.511. The lowest BCUT2D eigenvalue weighted by molar-refractivity contribution is 0.0526. The second-order valence-corrected chi connectivity index (χ2v) is 5.39. The predicted octanol–water partition coefficient (Wildman–Crippen LogP) is 1.47. The van der Waals surface area contributed by atoms with Gasteiger partial charge >= 0.3 is 5.97 Å². The summed E-state index contributed by atoms with van der Waals surface area (Å²) in [5, 5.41) is 4.50. The molecule has 1 N–H and O–H groups in total. The third kappa shape index (κ3) is 4.60. The number of methoxy groups -OCH3 is 1. The zero-order valence-corrected chi connectivity index (χ0v) is 12.3. The van der Waals surface area contributed by atoms with Crippen LogP contribution in [0, 0.1) is 0 Å². The van der Waals surface area contributed by atoms with E-state index < -0.39 is 11.5 Å². The van der Waals surface area contributed by atoms with Crippen molar-refractivity contribution in [2.45, 2.75) is 26.3 Å². The molecule has 0 saturated carbocycles. The second-order valence-electron chi connectivity index (χ2n) is 4.53. The molecule has 0 saturated heterocycles. The summed E-state index contributed by atoms with van der Waals surface area (Å²) in [6.07, 6.45) is 0. The predicted molar refractivity (Wildman–Crippen MR) is 71.5 cm³/mol. The highest BCUT2D eigenvalue weighted by molar-refractivity contribution is 7.11. The van der Waals surface area contributed by atoms with Crippen molar-refractivity contribution in [2.24, 2.45) is 0 Å².